The highest BCUT2D eigenvalue weighted by molar-refractivity contribution is 5.03. The van der Waals surface area contributed by atoms with Gasteiger partial charge in [-0.25, -0.2) is 0 Å². The molecule has 0 unspecified atom stereocenters. The maximum absolute atomic E-state index is 4.29. The van der Waals surface area contributed by atoms with Gasteiger partial charge in [0.25, 0.3) is 0 Å². The van der Waals surface area contributed by atoms with E-state index in [0.717, 1.165) is 25.4 Å². The van der Waals surface area contributed by atoms with Crippen LogP contribution in [-0.2, 0) is 6.42 Å². The Bertz CT molecular complexity index is 246. The van der Waals surface area contributed by atoms with E-state index in [1.165, 1.54) is 18.5 Å². The minimum atomic E-state index is 0.790. The van der Waals surface area contributed by atoms with Gasteiger partial charge in [0.05, 0.1) is 0 Å². The molecule has 0 saturated carbocycles. The third kappa shape index (κ3) is 5.53. The van der Waals surface area contributed by atoms with Crippen LogP contribution < -0.4 is 5.32 Å². The molecular formula is C13H22N2. The molecule has 2 heteroatoms. The van der Waals surface area contributed by atoms with Crippen LogP contribution in [0.1, 0.15) is 32.4 Å². The number of hydrogen-bond acceptors (Lipinski definition) is 2. The molecule has 1 rings (SSSR count). The zero-order chi connectivity index (χ0) is 10.9. The van der Waals surface area contributed by atoms with Crippen LogP contribution in [0.4, 0.5) is 0 Å². The van der Waals surface area contributed by atoms with Gasteiger partial charge in [-0.2, -0.15) is 0 Å². The summed E-state index contributed by atoms with van der Waals surface area (Å²) in [4.78, 5) is 4.29. The molecule has 2 nitrogen and oxygen atoms in total. The maximum Gasteiger partial charge on any atom is 0.0416 e. The lowest BCUT2D eigenvalue weighted by molar-refractivity contribution is 0.477. The first-order valence-corrected chi connectivity index (χ1v) is 5.93. The predicted molar refractivity (Wildman–Crippen MR) is 64.9 cm³/mol. The summed E-state index contributed by atoms with van der Waals surface area (Å²) in [5.41, 5.74) is 1.17. The molecule has 0 aromatic carbocycles. The number of hydrogen-bond donors (Lipinski definition) is 1. The molecule has 15 heavy (non-hydrogen) atoms. The van der Waals surface area contributed by atoms with E-state index < -0.39 is 0 Å². The Hall–Kier alpha value is -0.890. The van der Waals surface area contributed by atoms with Gasteiger partial charge in [-0.15, -0.1) is 0 Å². The molecule has 0 bridgehead atoms. The molecule has 0 aliphatic carbocycles. The molecule has 0 radical (unpaired) electrons. The second-order valence-corrected chi connectivity index (χ2v) is 4.17. The highest BCUT2D eigenvalue weighted by Gasteiger charge is 1.99. The molecule has 1 N–H and O–H groups in total. The normalized spacial score (nSPS) is 12.7. The average molecular weight is 206 g/mol. The van der Waals surface area contributed by atoms with E-state index >= 15 is 0 Å². The van der Waals surface area contributed by atoms with Gasteiger partial charge in [-0.1, -0.05) is 26.3 Å². The lowest BCUT2D eigenvalue weighted by atomic mass is 10.1. The number of pyridine rings is 1. The van der Waals surface area contributed by atoms with E-state index in [1.807, 2.05) is 18.3 Å². The molecule has 1 heterocycles. The summed E-state index contributed by atoms with van der Waals surface area (Å²) in [6.07, 6.45) is 5.48. The molecule has 0 spiro atoms. The van der Waals surface area contributed by atoms with Gasteiger partial charge in [0.2, 0.25) is 0 Å². The van der Waals surface area contributed by atoms with Crippen LogP contribution in [-0.4, -0.2) is 18.1 Å². The summed E-state index contributed by atoms with van der Waals surface area (Å²) in [5, 5.41) is 3.48. The molecule has 0 aliphatic heterocycles. The van der Waals surface area contributed by atoms with Crippen molar-refractivity contribution in [2.24, 2.45) is 5.92 Å². The molecule has 0 fully saturated rings. The van der Waals surface area contributed by atoms with Crippen LogP contribution >= 0.6 is 0 Å². The summed E-state index contributed by atoms with van der Waals surface area (Å²) in [6.45, 7) is 6.70. The molecule has 1 aromatic rings. The van der Waals surface area contributed by atoms with Crippen molar-refractivity contribution < 1.29 is 0 Å². The van der Waals surface area contributed by atoms with Crippen LogP contribution in [0, 0.1) is 5.92 Å². The fourth-order valence-electron chi connectivity index (χ4n) is 1.71. The monoisotopic (exact) mass is 206 g/mol. The van der Waals surface area contributed by atoms with Crippen molar-refractivity contribution in [3.63, 3.8) is 0 Å². The number of aromatic nitrogens is 1. The van der Waals surface area contributed by atoms with Gasteiger partial charge in [0, 0.05) is 24.9 Å². The first-order valence-electron chi connectivity index (χ1n) is 5.93. The summed E-state index contributed by atoms with van der Waals surface area (Å²) in [5.74, 6) is 0.790. The molecule has 0 aliphatic rings. The molecule has 1 atom stereocenters. The zero-order valence-electron chi connectivity index (χ0n) is 9.87. The van der Waals surface area contributed by atoms with E-state index in [9.17, 15) is 0 Å². The van der Waals surface area contributed by atoms with Crippen LogP contribution in [0.2, 0.25) is 0 Å². The van der Waals surface area contributed by atoms with Gasteiger partial charge in [0.1, 0.15) is 0 Å². The number of rotatable bonds is 7. The number of nitrogens with one attached hydrogen (secondary N) is 1. The highest BCUT2D eigenvalue weighted by atomic mass is 14.9. The van der Waals surface area contributed by atoms with Gasteiger partial charge in [-0.3, -0.25) is 4.98 Å². The van der Waals surface area contributed by atoms with Gasteiger partial charge < -0.3 is 5.32 Å². The van der Waals surface area contributed by atoms with E-state index in [2.05, 4.69) is 30.2 Å². The van der Waals surface area contributed by atoms with E-state index in [0.29, 0.717) is 0 Å². The Morgan fingerprint density at radius 1 is 1.40 bits per heavy atom. The topological polar surface area (TPSA) is 24.9 Å². The predicted octanol–water partition coefficient (Wildman–Crippen LogP) is 2.65. The smallest absolute Gasteiger partial charge is 0.0416 e. The van der Waals surface area contributed by atoms with Gasteiger partial charge >= 0.3 is 0 Å². The van der Waals surface area contributed by atoms with E-state index in [4.69, 9.17) is 0 Å². The van der Waals surface area contributed by atoms with Crippen molar-refractivity contribution in [3.8, 4) is 0 Å². The quantitative estimate of drug-likeness (QED) is 0.694. The zero-order valence-corrected chi connectivity index (χ0v) is 9.87. The number of nitrogens with zero attached hydrogens (tertiary/aromatic N) is 1. The highest BCUT2D eigenvalue weighted by Crippen LogP contribution is 2.02. The third-order valence-corrected chi connectivity index (χ3v) is 2.56. The summed E-state index contributed by atoms with van der Waals surface area (Å²) in [6, 6.07) is 6.08. The van der Waals surface area contributed by atoms with Crippen molar-refractivity contribution in [2.45, 2.75) is 33.1 Å². The SMILES string of the molecule is CCC[C@H](C)CNCCc1ccccn1. The fourth-order valence-corrected chi connectivity index (χ4v) is 1.71. The van der Waals surface area contributed by atoms with E-state index in [1.54, 1.807) is 0 Å². The molecule has 0 amide bonds. The standard InChI is InChI=1S/C13H22N2/c1-3-6-12(2)11-14-10-8-13-7-4-5-9-15-13/h4-5,7,9,12,14H,3,6,8,10-11H2,1-2H3/t12-/m0/s1. The minimum absolute atomic E-state index is 0.790. The van der Waals surface area contributed by atoms with Crippen LogP contribution in [0.3, 0.4) is 0 Å². The Labute approximate surface area is 93.1 Å². The lowest BCUT2D eigenvalue weighted by Gasteiger charge is -2.10. The van der Waals surface area contributed by atoms with Crippen molar-refractivity contribution in [3.05, 3.63) is 30.1 Å². The van der Waals surface area contributed by atoms with Crippen LogP contribution in [0.5, 0.6) is 0 Å². The first-order chi connectivity index (χ1) is 7.33. The summed E-state index contributed by atoms with van der Waals surface area (Å²) >= 11 is 0. The van der Waals surface area contributed by atoms with Crippen molar-refractivity contribution in [1.82, 2.24) is 10.3 Å². The largest absolute Gasteiger partial charge is 0.316 e. The second kappa shape index (κ2) is 7.41. The van der Waals surface area contributed by atoms with Crippen molar-refractivity contribution in [2.75, 3.05) is 13.1 Å². The molecule has 1 aromatic heterocycles. The summed E-state index contributed by atoms with van der Waals surface area (Å²) in [7, 11) is 0. The Kier molecular flexibility index (Phi) is 6.02. The molecule has 0 saturated heterocycles. The first kappa shape index (κ1) is 12.2. The molecular weight excluding hydrogens is 184 g/mol. The van der Waals surface area contributed by atoms with Crippen LogP contribution in [0.15, 0.2) is 24.4 Å². The summed E-state index contributed by atoms with van der Waals surface area (Å²) < 4.78 is 0. The fraction of sp³-hybridized carbons (Fsp3) is 0.615. The lowest BCUT2D eigenvalue weighted by Crippen LogP contribution is -2.23. The van der Waals surface area contributed by atoms with E-state index in [-0.39, 0.29) is 0 Å². The minimum Gasteiger partial charge on any atom is -0.316 e. The maximum atomic E-state index is 4.29. The van der Waals surface area contributed by atoms with Gasteiger partial charge in [0.15, 0.2) is 0 Å². The molecule has 84 valence electrons. The third-order valence-electron chi connectivity index (χ3n) is 2.56. The Morgan fingerprint density at radius 3 is 2.93 bits per heavy atom. The second-order valence-electron chi connectivity index (χ2n) is 4.17. The van der Waals surface area contributed by atoms with Gasteiger partial charge in [-0.05, 0) is 31.0 Å². The van der Waals surface area contributed by atoms with Crippen molar-refractivity contribution >= 4 is 0 Å². The average Bonchev–Trinajstić information content (AvgIpc) is 2.26. The van der Waals surface area contributed by atoms with Crippen LogP contribution in [0.25, 0.3) is 0 Å². The Balaban J connectivity index is 2.07. The Morgan fingerprint density at radius 2 is 2.27 bits per heavy atom. The van der Waals surface area contributed by atoms with Crippen molar-refractivity contribution in [1.29, 1.82) is 0 Å².